The number of hydrogen-bond donors (Lipinski definition) is 1. The second-order valence-electron chi connectivity index (χ2n) is 5.65. The summed E-state index contributed by atoms with van der Waals surface area (Å²) in [6, 6.07) is 7.12. The molecule has 0 aliphatic carbocycles. The lowest BCUT2D eigenvalue weighted by Gasteiger charge is -2.28. The number of likely N-dealkylation sites (N-methyl/N-ethyl adjacent to an activating group) is 1. The molecule has 0 aromatic heterocycles. The van der Waals surface area contributed by atoms with Crippen molar-refractivity contribution >= 4 is 0 Å². The van der Waals surface area contributed by atoms with Crippen molar-refractivity contribution in [1.82, 2.24) is 10.2 Å². The van der Waals surface area contributed by atoms with Crippen LogP contribution in [-0.2, 0) is 6.54 Å². The fraction of sp³-hybridized carbons (Fsp3) is 0.625. The van der Waals surface area contributed by atoms with Crippen molar-refractivity contribution in [3.8, 4) is 5.75 Å². The third-order valence-corrected chi connectivity index (χ3v) is 3.86. The number of aryl methyl sites for hydroxylation is 1. The van der Waals surface area contributed by atoms with E-state index in [2.05, 4.69) is 42.4 Å². The minimum absolute atomic E-state index is 0.665. The number of rotatable bonds is 5. The van der Waals surface area contributed by atoms with E-state index in [0.717, 1.165) is 18.8 Å². The zero-order valence-electron chi connectivity index (χ0n) is 12.4. The van der Waals surface area contributed by atoms with Crippen LogP contribution < -0.4 is 10.1 Å². The maximum Gasteiger partial charge on any atom is 0.121 e. The molecular formula is C16H26N2O. The van der Waals surface area contributed by atoms with Crippen molar-refractivity contribution < 1.29 is 4.74 Å². The molecule has 1 N–H and O–H groups in total. The average Bonchev–Trinajstić information content (AvgIpc) is 2.40. The van der Waals surface area contributed by atoms with Gasteiger partial charge in [0.25, 0.3) is 0 Å². The largest absolute Gasteiger partial charge is 0.496 e. The number of nitrogens with one attached hydrogen (secondary N) is 1. The molecule has 2 rings (SSSR count). The molecule has 3 heteroatoms. The molecule has 0 amide bonds. The van der Waals surface area contributed by atoms with Gasteiger partial charge in [-0.05, 0) is 50.6 Å². The number of ether oxygens (including phenoxy) is 1. The molecule has 1 saturated heterocycles. The van der Waals surface area contributed by atoms with E-state index in [0.29, 0.717) is 6.04 Å². The van der Waals surface area contributed by atoms with Crippen LogP contribution in [0.15, 0.2) is 18.2 Å². The molecule has 3 nitrogen and oxygen atoms in total. The Labute approximate surface area is 116 Å². The molecule has 1 aliphatic heterocycles. The lowest BCUT2D eigenvalue weighted by Crippen LogP contribution is -2.42. The monoisotopic (exact) mass is 262 g/mol. The molecule has 1 heterocycles. The van der Waals surface area contributed by atoms with Gasteiger partial charge in [0, 0.05) is 19.1 Å². The van der Waals surface area contributed by atoms with Crippen molar-refractivity contribution in [2.75, 3.05) is 27.2 Å². The molecular weight excluding hydrogens is 236 g/mol. The van der Waals surface area contributed by atoms with Gasteiger partial charge < -0.3 is 15.0 Å². The topological polar surface area (TPSA) is 24.5 Å². The van der Waals surface area contributed by atoms with Gasteiger partial charge in [0.15, 0.2) is 0 Å². The Hall–Kier alpha value is -1.06. The SMILES string of the molecule is COc1ccc(CN(C)CC2CCCCN2)cc1C. The van der Waals surface area contributed by atoms with Crippen molar-refractivity contribution in [2.24, 2.45) is 0 Å². The summed E-state index contributed by atoms with van der Waals surface area (Å²) in [4.78, 5) is 2.41. The fourth-order valence-corrected chi connectivity index (χ4v) is 2.87. The smallest absolute Gasteiger partial charge is 0.121 e. The summed E-state index contributed by atoms with van der Waals surface area (Å²) in [6.45, 7) is 5.42. The third-order valence-electron chi connectivity index (χ3n) is 3.86. The summed E-state index contributed by atoms with van der Waals surface area (Å²) in [5.41, 5.74) is 2.57. The van der Waals surface area contributed by atoms with Crippen molar-refractivity contribution in [1.29, 1.82) is 0 Å². The average molecular weight is 262 g/mol. The van der Waals surface area contributed by atoms with E-state index in [4.69, 9.17) is 4.74 Å². The van der Waals surface area contributed by atoms with Crippen LogP contribution >= 0.6 is 0 Å². The van der Waals surface area contributed by atoms with Crippen LogP contribution in [0.25, 0.3) is 0 Å². The first kappa shape index (κ1) is 14.4. The lowest BCUT2D eigenvalue weighted by molar-refractivity contribution is 0.256. The van der Waals surface area contributed by atoms with Crippen molar-refractivity contribution in [3.05, 3.63) is 29.3 Å². The fourth-order valence-electron chi connectivity index (χ4n) is 2.87. The molecule has 1 aromatic rings. The van der Waals surface area contributed by atoms with Gasteiger partial charge >= 0.3 is 0 Å². The van der Waals surface area contributed by atoms with Gasteiger partial charge in [0.1, 0.15) is 5.75 Å². The normalized spacial score (nSPS) is 19.7. The molecule has 106 valence electrons. The summed E-state index contributed by atoms with van der Waals surface area (Å²) < 4.78 is 5.30. The highest BCUT2D eigenvalue weighted by Gasteiger charge is 2.14. The van der Waals surface area contributed by atoms with Gasteiger partial charge in [0.05, 0.1) is 7.11 Å². The third kappa shape index (κ3) is 4.22. The van der Waals surface area contributed by atoms with E-state index in [1.165, 1.54) is 36.9 Å². The van der Waals surface area contributed by atoms with E-state index >= 15 is 0 Å². The molecule has 1 aliphatic rings. The first-order chi connectivity index (χ1) is 9.19. The van der Waals surface area contributed by atoms with Crippen LogP contribution in [0.4, 0.5) is 0 Å². The van der Waals surface area contributed by atoms with Crippen LogP contribution in [0.1, 0.15) is 30.4 Å². The first-order valence-electron chi connectivity index (χ1n) is 7.24. The minimum atomic E-state index is 0.665. The Balaban J connectivity index is 1.87. The molecule has 1 unspecified atom stereocenters. The Kier molecular flexibility index (Phi) is 5.23. The maximum absolute atomic E-state index is 5.30. The summed E-state index contributed by atoms with van der Waals surface area (Å²) in [7, 11) is 3.93. The van der Waals surface area contributed by atoms with Crippen LogP contribution in [0.2, 0.25) is 0 Å². The van der Waals surface area contributed by atoms with E-state index in [9.17, 15) is 0 Å². The summed E-state index contributed by atoms with van der Waals surface area (Å²) in [5.74, 6) is 0.973. The Morgan fingerprint density at radius 3 is 2.84 bits per heavy atom. The molecule has 1 aromatic carbocycles. The van der Waals surface area contributed by atoms with E-state index in [1.54, 1.807) is 7.11 Å². The van der Waals surface area contributed by atoms with Crippen LogP contribution in [0.5, 0.6) is 5.75 Å². The van der Waals surface area contributed by atoms with Gasteiger partial charge in [-0.25, -0.2) is 0 Å². The molecule has 1 fully saturated rings. The predicted molar refractivity (Wildman–Crippen MR) is 79.7 cm³/mol. The highest BCUT2D eigenvalue weighted by Crippen LogP contribution is 2.19. The highest BCUT2D eigenvalue weighted by atomic mass is 16.5. The zero-order chi connectivity index (χ0) is 13.7. The lowest BCUT2D eigenvalue weighted by atomic mass is 10.0. The van der Waals surface area contributed by atoms with Gasteiger partial charge in [-0.15, -0.1) is 0 Å². The van der Waals surface area contributed by atoms with E-state index in [1.807, 2.05) is 0 Å². The van der Waals surface area contributed by atoms with Crippen molar-refractivity contribution in [2.45, 2.75) is 38.8 Å². The quantitative estimate of drug-likeness (QED) is 0.882. The van der Waals surface area contributed by atoms with Gasteiger partial charge in [-0.1, -0.05) is 18.6 Å². The number of hydrogen-bond acceptors (Lipinski definition) is 3. The molecule has 0 bridgehead atoms. The second kappa shape index (κ2) is 6.92. The molecule has 0 saturated carbocycles. The number of nitrogens with zero attached hydrogens (tertiary/aromatic N) is 1. The summed E-state index contributed by atoms with van der Waals surface area (Å²) >= 11 is 0. The maximum atomic E-state index is 5.30. The number of methoxy groups -OCH3 is 1. The van der Waals surface area contributed by atoms with Crippen molar-refractivity contribution in [3.63, 3.8) is 0 Å². The summed E-state index contributed by atoms with van der Waals surface area (Å²) in [5, 5.41) is 3.60. The van der Waals surface area contributed by atoms with E-state index in [-0.39, 0.29) is 0 Å². The zero-order valence-corrected chi connectivity index (χ0v) is 12.4. The van der Waals surface area contributed by atoms with Gasteiger partial charge in [-0.3, -0.25) is 0 Å². The number of piperidine rings is 1. The highest BCUT2D eigenvalue weighted by molar-refractivity contribution is 5.36. The second-order valence-corrected chi connectivity index (χ2v) is 5.65. The molecule has 0 spiro atoms. The summed E-state index contributed by atoms with van der Waals surface area (Å²) in [6.07, 6.45) is 4.01. The first-order valence-corrected chi connectivity index (χ1v) is 7.24. The van der Waals surface area contributed by atoms with Gasteiger partial charge in [0.2, 0.25) is 0 Å². The van der Waals surface area contributed by atoms with Crippen LogP contribution in [-0.4, -0.2) is 38.2 Å². The standard InChI is InChI=1S/C16H26N2O/c1-13-10-14(7-8-16(13)19-3)11-18(2)12-15-6-4-5-9-17-15/h7-8,10,15,17H,4-6,9,11-12H2,1-3H3. The number of benzene rings is 1. The van der Waals surface area contributed by atoms with Crippen LogP contribution in [0.3, 0.4) is 0 Å². The van der Waals surface area contributed by atoms with Crippen LogP contribution in [0, 0.1) is 6.92 Å². The molecule has 0 radical (unpaired) electrons. The minimum Gasteiger partial charge on any atom is -0.496 e. The Morgan fingerprint density at radius 1 is 1.37 bits per heavy atom. The van der Waals surface area contributed by atoms with E-state index < -0.39 is 0 Å². The predicted octanol–water partition coefficient (Wildman–Crippen LogP) is 2.58. The molecule has 19 heavy (non-hydrogen) atoms. The van der Waals surface area contributed by atoms with Gasteiger partial charge in [-0.2, -0.15) is 0 Å². The molecule has 1 atom stereocenters. The Bertz CT molecular complexity index is 400. The Morgan fingerprint density at radius 2 is 2.21 bits per heavy atom.